The molecule has 1 atom stereocenters. The maximum Gasteiger partial charge on any atom is 0.490 e. The first-order valence-electron chi connectivity index (χ1n) is 9.74. The molecule has 0 radical (unpaired) electrons. The molecule has 2 aromatic heterocycles. The van der Waals surface area contributed by atoms with Crippen LogP contribution in [0.3, 0.4) is 0 Å². The molecular weight excluding hydrogens is 467 g/mol. The number of carboxylic acids is 1. The Morgan fingerprint density at radius 2 is 1.71 bits per heavy atom. The summed E-state index contributed by atoms with van der Waals surface area (Å²) in [7, 11) is 0. The van der Waals surface area contributed by atoms with E-state index in [1.54, 1.807) is 24.3 Å². The largest absolute Gasteiger partial charge is 0.490 e. The van der Waals surface area contributed by atoms with E-state index in [0.29, 0.717) is 5.52 Å². The molecule has 0 spiro atoms. The number of carbonyl (C=O) groups excluding carboxylic acids is 1. The average molecular weight is 484 g/mol. The number of fused-ring (bicyclic) bond motifs is 1. The smallest absolute Gasteiger partial charge is 0.475 e. The quantitative estimate of drug-likeness (QED) is 0.567. The van der Waals surface area contributed by atoms with Crippen molar-refractivity contribution >= 4 is 22.8 Å². The highest BCUT2D eigenvalue weighted by atomic mass is 19.4. The lowest BCUT2D eigenvalue weighted by atomic mass is 10.0. The normalized spacial score (nSPS) is 17.4. The number of likely N-dealkylation sites (tertiary alicyclic amines) is 1. The summed E-state index contributed by atoms with van der Waals surface area (Å²) < 4.78 is 66.0. The summed E-state index contributed by atoms with van der Waals surface area (Å²) in [5.41, 5.74) is 0.653. The summed E-state index contributed by atoms with van der Waals surface area (Å²) in [6.45, 7) is -0.353. The number of benzene rings is 1. The van der Waals surface area contributed by atoms with Crippen LogP contribution in [0.1, 0.15) is 17.0 Å². The number of halogens is 5. The van der Waals surface area contributed by atoms with Crippen molar-refractivity contribution in [2.24, 2.45) is 0 Å². The maximum atomic E-state index is 14.4. The topological polar surface area (TPSA) is 106 Å². The highest BCUT2D eigenvalue weighted by Crippen LogP contribution is 2.32. The molecule has 1 fully saturated rings. The minimum absolute atomic E-state index is 0.0229. The van der Waals surface area contributed by atoms with E-state index in [2.05, 4.69) is 15.0 Å². The van der Waals surface area contributed by atoms with Gasteiger partial charge in [0.15, 0.2) is 6.10 Å². The maximum absolute atomic E-state index is 14.4. The predicted octanol–water partition coefficient (Wildman–Crippen LogP) is 3.59. The molecule has 34 heavy (non-hydrogen) atoms. The van der Waals surface area contributed by atoms with Crippen LogP contribution in [0.25, 0.3) is 10.9 Å². The zero-order valence-corrected chi connectivity index (χ0v) is 17.2. The molecule has 3 heterocycles. The van der Waals surface area contributed by atoms with Crippen molar-refractivity contribution in [3.63, 3.8) is 0 Å². The lowest BCUT2D eigenvalue weighted by molar-refractivity contribution is -0.192. The molecule has 1 amide bonds. The van der Waals surface area contributed by atoms with E-state index in [1.807, 2.05) is 18.2 Å². The van der Waals surface area contributed by atoms with Gasteiger partial charge < -0.3 is 14.7 Å². The fraction of sp³-hybridized carbons (Fsp3) is 0.286. The Hall–Kier alpha value is -3.90. The Kier molecular flexibility index (Phi) is 7.23. The Labute approximate surface area is 189 Å². The van der Waals surface area contributed by atoms with Gasteiger partial charge in [-0.25, -0.2) is 28.5 Å². The number of carbonyl (C=O) groups is 2. The number of piperidine rings is 1. The van der Waals surface area contributed by atoms with Gasteiger partial charge in [-0.15, -0.1) is 0 Å². The SMILES string of the molecule is O=C(O)C(F)(F)F.O=C(c1ncccn1)N1CCC(F)(F)C(Oc2ccc3ccccc3n2)C1. The highest BCUT2D eigenvalue weighted by molar-refractivity contribution is 5.90. The Morgan fingerprint density at radius 3 is 2.35 bits per heavy atom. The molecule has 1 saturated heterocycles. The monoisotopic (exact) mass is 484 g/mol. The standard InChI is InChI=1S/C19H16F2N4O2.C2HF3O2/c20-19(21)8-11-25(18(26)17-22-9-3-10-23-17)12-15(19)27-16-7-6-13-4-1-2-5-14(13)24-16;3-2(4,5)1(6)7/h1-7,9-10,15H,8,11-12H2;(H,6,7). The fourth-order valence-electron chi connectivity index (χ4n) is 2.99. The number of hydrogen-bond donors (Lipinski definition) is 1. The van der Waals surface area contributed by atoms with Crippen molar-refractivity contribution in [3.05, 3.63) is 60.7 Å². The lowest BCUT2D eigenvalue weighted by Crippen LogP contribution is -2.55. The number of amides is 1. The molecule has 0 bridgehead atoms. The molecule has 1 N–H and O–H groups in total. The summed E-state index contributed by atoms with van der Waals surface area (Å²) in [6.07, 6.45) is -4.20. The second-order valence-electron chi connectivity index (χ2n) is 7.09. The number of ether oxygens (including phenoxy) is 1. The third-order valence-corrected chi connectivity index (χ3v) is 4.69. The van der Waals surface area contributed by atoms with E-state index >= 15 is 0 Å². The van der Waals surface area contributed by atoms with Crippen LogP contribution in [0, 0.1) is 0 Å². The minimum Gasteiger partial charge on any atom is -0.475 e. The lowest BCUT2D eigenvalue weighted by Gasteiger charge is -2.37. The number of pyridine rings is 1. The number of nitrogens with zero attached hydrogens (tertiary/aromatic N) is 4. The number of aliphatic carboxylic acids is 1. The van der Waals surface area contributed by atoms with E-state index in [1.165, 1.54) is 17.3 Å². The number of alkyl halides is 5. The van der Waals surface area contributed by atoms with Crippen molar-refractivity contribution < 1.29 is 41.4 Å². The van der Waals surface area contributed by atoms with Gasteiger partial charge in [-0.3, -0.25) is 4.79 Å². The van der Waals surface area contributed by atoms with Gasteiger partial charge >= 0.3 is 12.1 Å². The molecule has 4 rings (SSSR count). The molecule has 1 unspecified atom stereocenters. The average Bonchev–Trinajstić information content (AvgIpc) is 2.80. The molecule has 0 saturated carbocycles. The number of para-hydroxylation sites is 1. The first-order chi connectivity index (χ1) is 16.0. The zero-order valence-electron chi connectivity index (χ0n) is 17.2. The van der Waals surface area contributed by atoms with Crippen LogP contribution >= 0.6 is 0 Å². The van der Waals surface area contributed by atoms with Crippen molar-refractivity contribution in [3.8, 4) is 5.88 Å². The zero-order chi connectivity index (χ0) is 24.9. The molecule has 0 aliphatic carbocycles. The third-order valence-electron chi connectivity index (χ3n) is 4.69. The van der Waals surface area contributed by atoms with Gasteiger partial charge in [0, 0.05) is 36.8 Å². The van der Waals surface area contributed by atoms with E-state index in [0.717, 1.165) is 5.39 Å². The molecule has 1 aliphatic heterocycles. The Balaban J connectivity index is 0.000000406. The number of carboxylic acid groups (broad SMARTS) is 1. The van der Waals surface area contributed by atoms with Gasteiger partial charge in [0.1, 0.15) is 0 Å². The van der Waals surface area contributed by atoms with Crippen molar-refractivity contribution in [1.29, 1.82) is 0 Å². The molecular formula is C21H17F5N4O4. The predicted molar refractivity (Wildman–Crippen MR) is 107 cm³/mol. The fourth-order valence-corrected chi connectivity index (χ4v) is 2.99. The molecule has 13 heteroatoms. The van der Waals surface area contributed by atoms with E-state index in [4.69, 9.17) is 14.6 Å². The van der Waals surface area contributed by atoms with Crippen LogP contribution < -0.4 is 4.74 Å². The van der Waals surface area contributed by atoms with Crippen LogP contribution in [0.4, 0.5) is 22.0 Å². The van der Waals surface area contributed by atoms with Gasteiger partial charge in [0.2, 0.25) is 11.7 Å². The van der Waals surface area contributed by atoms with Crippen LogP contribution in [0.2, 0.25) is 0 Å². The van der Waals surface area contributed by atoms with E-state index in [9.17, 15) is 26.7 Å². The second-order valence-corrected chi connectivity index (χ2v) is 7.09. The number of hydrogen-bond acceptors (Lipinski definition) is 6. The van der Waals surface area contributed by atoms with E-state index in [-0.39, 0.29) is 24.8 Å². The first kappa shape index (κ1) is 24.7. The Bertz CT molecular complexity index is 1160. The molecule has 1 aromatic carbocycles. The van der Waals surface area contributed by atoms with Gasteiger partial charge in [-0.2, -0.15) is 13.2 Å². The van der Waals surface area contributed by atoms with Crippen molar-refractivity contribution in [1.82, 2.24) is 19.9 Å². The second kappa shape index (κ2) is 9.93. The van der Waals surface area contributed by atoms with Crippen LogP contribution in [0.5, 0.6) is 5.88 Å². The number of rotatable bonds is 3. The summed E-state index contributed by atoms with van der Waals surface area (Å²) >= 11 is 0. The van der Waals surface area contributed by atoms with Crippen molar-refractivity contribution in [2.75, 3.05) is 13.1 Å². The summed E-state index contributed by atoms with van der Waals surface area (Å²) in [5, 5.41) is 8.01. The first-order valence-corrected chi connectivity index (χ1v) is 9.74. The van der Waals surface area contributed by atoms with Crippen molar-refractivity contribution in [2.45, 2.75) is 24.6 Å². The molecule has 8 nitrogen and oxygen atoms in total. The van der Waals surface area contributed by atoms with Gasteiger partial charge in [-0.05, 0) is 18.2 Å². The van der Waals surface area contributed by atoms with Crippen LogP contribution in [0.15, 0.2) is 54.9 Å². The molecule has 180 valence electrons. The van der Waals surface area contributed by atoms with Crippen LogP contribution in [-0.2, 0) is 4.79 Å². The van der Waals surface area contributed by atoms with Crippen LogP contribution in [-0.4, -0.2) is 68.1 Å². The van der Waals surface area contributed by atoms with Gasteiger partial charge in [-0.1, -0.05) is 18.2 Å². The third kappa shape index (κ3) is 6.11. The summed E-state index contributed by atoms with van der Waals surface area (Å²) in [5.74, 6) is -6.24. The number of aromatic nitrogens is 3. The molecule has 3 aromatic rings. The van der Waals surface area contributed by atoms with Gasteiger partial charge in [0.25, 0.3) is 11.8 Å². The molecule has 1 aliphatic rings. The Morgan fingerprint density at radius 1 is 1.06 bits per heavy atom. The summed E-state index contributed by atoms with van der Waals surface area (Å²) in [6, 6.07) is 12.2. The summed E-state index contributed by atoms with van der Waals surface area (Å²) in [4.78, 5) is 34.7. The minimum atomic E-state index is -5.08. The highest BCUT2D eigenvalue weighted by Gasteiger charge is 2.47. The van der Waals surface area contributed by atoms with E-state index < -0.39 is 36.5 Å². The van der Waals surface area contributed by atoms with Gasteiger partial charge in [0.05, 0.1) is 12.1 Å².